The standard InChI is InChI=1S/C37H57N/c1-5-9-13-17-24-31-32(25-18-14-10-6-2)34(27-20-16-12-8-4)37-35(33(31)26-19-15-11-7-3)29-30-23-21-22-28-36(30)38-37/h21-23,28-29H,5-20,24-27H2,1-4H3. The molecule has 38 heavy (non-hydrogen) atoms. The molecule has 0 aliphatic rings. The maximum Gasteiger partial charge on any atom is 0.0747 e. The summed E-state index contributed by atoms with van der Waals surface area (Å²) in [5, 5.41) is 2.79. The first-order valence-electron chi connectivity index (χ1n) is 16.6. The average Bonchev–Trinajstić information content (AvgIpc) is 2.94. The number of para-hydroxylation sites is 1. The van der Waals surface area contributed by atoms with Crippen LogP contribution in [0.3, 0.4) is 0 Å². The second-order valence-electron chi connectivity index (χ2n) is 11.7. The first kappa shape index (κ1) is 30.6. The summed E-state index contributed by atoms with van der Waals surface area (Å²) < 4.78 is 0. The molecule has 1 heterocycles. The molecule has 210 valence electrons. The van der Waals surface area contributed by atoms with Crippen molar-refractivity contribution in [1.82, 2.24) is 4.98 Å². The molecular formula is C37H57N. The Labute approximate surface area is 235 Å². The maximum atomic E-state index is 5.44. The molecule has 3 aromatic rings. The van der Waals surface area contributed by atoms with E-state index in [4.69, 9.17) is 4.98 Å². The summed E-state index contributed by atoms with van der Waals surface area (Å²) in [5.41, 5.74) is 9.24. The normalized spacial score (nSPS) is 11.7. The van der Waals surface area contributed by atoms with Gasteiger partial charge < -0.3 is 0 Å². The van der Waals surface area contributed by atoms with E-state index >= 15 is 0 Å². The molecule has 0 N–H and O–H groups in total. The second-order valence-corrected chi connectivity index (χ2v) is 11.7. The van der Waals surface area contributed by atoms with Crippen LogP contribution in [0.25, 0.3) is 21.8 Å². The highest BCUT2D eigenvalue weighted by atomic mass is 14.7. The lowest BCUT2D eigenvalue weighted by Crippen LogP contribution is -2.09. The minimum Gasteiger partial charge on any atom is -0.247 e. The largest absolute Gasteiger partial charge is 0.247 e. The fourth-order valence-corrected chi connectivity index (χ4v) is 6.32. The zero-order valence-corrected chi connectivity index (χ0v) is 25.5. The third-order valence-electron chi connectivity index (χ3n) is 8.55. The van der Waals surface area contributed by atoms with Gasteiger partial charge in [0.05, 0.1) is 11.0 Å². The monoisotopic (exact) mass is 515 g/mol. The molecule has 0 atom stereocenters. The van der Waals surface area contributed by atoms with Crippen molar-refractivity contribution in [3.63, 3.8) is 0 Å². The van der Waals surface area contributed by atoms with Gasteiger partial charge in [0.2, 0.25) is 0 Å². The van der Waals surface area contributed by atoms with Crippen molar-refractivity contribution in [3.05, 3.63) is 52.6 Å². The van der Waals surface area contributed by atoms with Crippen molar-refractivity contribution < 1.29 is 0 Å². The van der Waals surface area contributed by atoms with Gasteiger partial charge in [-0.3, -0.25) is 0 Å². The molecule has 2 aromatic carbocycles. The third-order valence-corrected chi connectivity index (χ3v) is 8.55. The van der Waals surface area contributed by atoms with E-state index in [0.717, 1.165) is 0 Å². The summed E-state index contributed by atoms with van der Waals surface area (Å²) in [4.78, 5) is 5.44. The summed E-state index contributed by atoms with van der Waals surface area (Å²) >= 11 is 0. The molecule has 0 unspecified atom stereocenters. The van der Waals surface area contributed by atoms with E-state index in [1.165, 1.54) is 150 Å². The molecule has 0 aliphatic heterocycles. The molecule has 0 aliphatic carbocycles. The Balaban J connectivity index is 2.18. The van der Waals surface area contributed by atoms with E-state index in [2.05, 4.69) is 58.0 Å². The van der Waals surface area contributed by atoms with Gasteiger partial charge in [-0.25, -0.2) is 4.98 Å². The van der Waals surface area contributed by atoms with E-state index in [1.807, 2.05) is 0 Å². The van der Waals surface area contributed by atoms with Gasteiger partial charge in [0, 0.05) is 10.8 Å². The predicted octanol–water partition coefficient (Wildman–Crippen LogP) is 11.9. The molecule has 0 spiro atoms. The minimum absolute atomic E-state index is 1.17. The average molecular weight is 516 g/mol. The highest BCUT2D eigenvalue weighted by molar-refractivity contribution is 5.97. The fourth-order valence-electron chi connectivity index (χ4n) is 6.32. The maximum absolute atomic E-state index is 5.44. The van der Waals surface area contributed by atoms with Crippen molar-refractivity contribution >= 4 is 21.8 Å². The van der Waals surface area contributed by atoms with Gasteiger partial charge in [-0.1, -0.05) is 123 Å². The summed E-state index contributed by atoms with van der Waals surface area (Å²) in [7, 11) is 0. The molecule has 1 aromatic heterocycles. The highest BCUT2D eigenvalue weighted by Crippen LogP contribution is 2.36. The van der Waals surface area contributed by atoms with Crippen molar-refractivity contribution in [3.8, 4) is 0 Å². The van der Waals surface area contributed by atoms with Crippen LogP contribution in [-0.4, -0.2) is 4.98 Å². The highest BCUT2D eigenvalue weighted by Gasteiger charge is 2.20. The van der Waals surface area contributed by atoms with Crippen LogP contribution in [-0.2, 0) is 25.7 Å². The van der Waals surface area contributed by atoms with E-state index < -0.39 is 0 Å². The zero-order chi connectivity index (χ0) is 27.0. The van der Waals surface area contributed by atoms with Crippen LogP contribution in [0, 0.1) is 0 Å². The number of aromatic nitrogens is 1. The first-order chi connectivity index (χ1) is 18.7. The van der Waals surface area contributed by atoms with Crippen LogP contribution in [0.1, 0.15) is 153 Å². The van der Waals surface area contributed by atoms with Crippen LogP contribution in [0.5, 0.6) is 0 Å². The molecule has 0 fully saturated rings. The van der Waals surface area contributed by atoms with Gasteiger partial charge in [-0.2, -0.15) is 0 Å². The van der Waals surface area contributed by atoms with Gasteiger partial charge in [-0.15, -0.1) is 0 Å². The van der Waals surface area contributed by atoms with E-state index in [9.17, 15) is 0 Å². The van der Waals surface area contributed by atoms with Crippen molar-refractivity contribution in [2.75, 3.05) is 0 Å². The molecule has 1 heteroatoms. The first-order valence-corrected chi connectivity index (χ1v) is 16.6. The van der Waals surface area contributed by atoms with Crippen LogP contribution >= 0.6 is 0 Å². The molecule has 3 rings (SSSR count). The second kappa shape index (κ2) is 17.6. The van der Waals surface area contributed by atoms with Crippen LogP contribution in [0.15, 0.2) is 30.3 Å². The van der Waals surface area contributed by atoms with Gasteiger partial charge >= 0.3 is 0 Å². The van der Waals surface area contributed by atoms with Gasteiger partial charge in [0.15, 0.2) is 0 Å². The molecule has 0 saturated carbocycles. The number of hydrogen-bond donors (Lipinski definition) is 0. The molecule has 0 saturated heterocycles. The quantitative estimate of drug-likeness (QED) is 0.108. The van der Waals surface area contributed by atoms with E-state index in [0.29, 0.717) is 0 Å². The zero-order valence-electron chi connectivity index (χ0n) is 25.5. The summed E-state index contributed by atoms with van der Waals surface area (Å²) in [6, 6.07) is 11.3. The Morgan fingerprint density at radius 1 is 0.474 bits per heavy atom. The molecule has 1 nitrogen and oxygen atoms in total. The number of aryl methyl sites for hydroxylation is 2. The molecular weight excluding hydrogens is 458 g/mol. The number of benzene rings is 2. The Bertz CT molecular complexity index is 993. The molecule has 0 bridgehead atoms. The van der Waals surface area contributed by atoms with Crippen LogP contribution < -0.4 is 0 Å². The van der Waals surface area contributed by atoms with E-state index in [-0.39, 0.29) is 0 Å². The SMILES string of the molecule is CCCCCCc1c(CCCCCC)c(CCCCCC)c2nc3ccccc3cc2c1CCCCCC. The lowest BCUT2D eigenvalue weighted by atomic mass is 9.82. The summed E-state index contributed by atoms with van der Waals surface area (Å²) in [6.07, 6.45) is 26.2. The number of pyridine rings is 1. The van der Waals surface area contributed by atoms with Gasteiger partial charge in [0.25, 0.3) is 0 Å². The summed E-state index contributed by atoms with van der Waals surface area (Å²) in [6.45, 7) is 9.31. The van der Waals surface area contributed by atoms with Crippen molar-refractivity contribution in [2.24, 2.45) is 0 Å². The topological polar surface area (TPSA) is 12.9 Å². The number of hydrogen-bond acceptors (Lipinski definition) is 1. The Morgan fingerprint density at radius 3 is 1.45 bits per heavy atom. The van der Waals surface area contributed by atoms with Gasteiger partial charge in [-0.05, 0) is 85.8 Å². The molecule has 0 amide bonds. The predicted molar refractivity (Wildman–Crippen MR) is 171 cm³/mol. The van der Waals surface area contributed by atoms with Gasteiger partial charge in [0.1, 0.15) is 0 Å². The fraction of sp³-hybridized carbons (Fsp3) is 0.649. The summed E-state index contributed by atoms with van der Waals surface area (Å²) in [5.74, 6) is 0. The number of unbranched alkanes of at least 4 members (excludes halogenated alkanes) is 12. The Kier molecular flexibility index (Phi) is 14.2. The Morgan fingerprint density at radius 2 is 0.921 bits per heavy atom. The minimum atomic E-state index is 1.17. The Hall–Kier alpha value is -1.89. The van der Waals surface area contributed by atoms with Crippen molar-refractivity contribution in [2.45, 2.75) is 156 Å². The van der Waals surface area contributed by atoms with E-state index in [1.54, 1.807) is 22.3 Å². The van der Waals surface area contributed by atoms with Crippen LogP contribution in [0.4, 0.5) is 0 Å². The smallest absolute Gasteiger partial charge is 0.0747 e. The van der Waals surface area contributed by atoms with Crippen molar-refractivity contribution in [1.29, 1.82) is 0 Å². The number of rotatable bonds is 20. The number of fused-ring (bicyclic) bond motifs is 2. The molecule has 0 radical (unpaired) electrons. The lowest BCUT2D eigenvalue weighted by Gasteiger charge is -2.23. The lowest BCUT2D eigenvalue weighted by molar-refractivity contribution is 0.633. The van der Waals surface area contributed by atoms with Crippen LogP contribution in [0.2, 0.25) is 0 Å². The third kappa shape index (κ3) is 8.82. The number of nitrogens with zero attached hydrogens (tertiary/aromatic N) is 1.